The van der Waals surface area contributed by atoms with Gasteiger partial charge in [-0.15, -0.1) is 0 Å². The molecule has 0 aliphatic heterocycles. The van der Waals surface area contributed by atoms with Gasteiger partial charge in [0.25, 0.3) is 5.91 Å². The van der Waals surface area contributed by atoms with Crippen LogP contribution < -0.4 is 15.4 Å². The molecule has 28 heavy (non-hydrogen) atoms. The number of hydrogen-bond donors (Lipinski definition) is 2. The van der Waals surface area contributed by atoms with E-state index < -0.39 is 0 Å². The molecule has 1 heterocycles. The number of carbonyl (C=O) groups excluding carboxylic acids is 2. The molecular formula is C21H22ClN3O3. The first-order valence-electron chi connectivity index (χ1n) is 8.90. The van der Waals surface area contributed by atoms with Gasteiger partial charge in [-0.3, -0.25) is 9.59 Å². The van der Waals surface area contributed by atoms with Gasteiger partial charge in [0.1, 0.15) is 12.3 Å². The number of benzene rings is 2. The third-order valence-electron chi connectivity index (χ3n) is 4.21. The molecule has 0 aliphatic carbocycles. The van der Waals surface area contributed by atoms with E-state index >= 15 is 0 Å². The van der Waals surface area contributed by atoms with Gasteiger partial charge in [-0.25, -0.2) is 0 Å². The van der Waals surface area contributed by atoms with Gasteiger partial charge in [-0.1, -0.05) is 11.6 Å². The summed E-state index contributed by atoms with van der Waals surface area (Å²) in [4.78, 5) is 24.7. The van der Waals surface area contributed by atoms with Crippen molar-refractivity contribution in [2.75, 3.05) is 12.4 Å². The molecule has 6 nitrogen and oxygen atoms in total. The number of aromatic nitrogens is 1. The Labute approximate surface area is 168 Å². The van der Waals surface area contributed by atoms with Gasteiger partial charge >= 0.3 is 0 Å². The molecule has 0 atom stereocenters. The molecule has 0 aliphatic rings. The van der Waals surface area contributed by atoms with Gasteiger partial charge in [-0.05, 0) is 56.3 Å². The molecule has 0 saturated heterocycles. The number of rotatable bonds is 6. The molecule has 0 bridgehead atoms. The summed E-state index contributed by atoms with van der Waals surface area (Å²) in [7, 11) is 1.62. The smallest absolute Gasteiger partial charge is 0.251 e. The Morgan fingerprint density at radius 3 is 2.64 bits per heavy atom. The molecule has 0 unspecified atom stereocenters. The van der Waals surface area contributed by atoms with Crippen molar-refractivity contribution >= 4 is 40.0 Å². The number of nitrogens with zero attached hydrogens (tertiary/aromatic N) is 1. The average molecular weight is 400 g/mol. The van der Waals surface area contributed by atoms with Crippen molar-refractivity contribution in [3.05, 3.63) is 59.2 Å². The summed E-state index contributed by atoms with van der Waals surface area (Å²) in [6.45, 7) is 3.88. The summed E-state index contributed by atoms with van der Waals surface area (Å²) in [5.74, 6) is 0.308. The van der Waals surface area contributed by atoms with Crippen LogP contribution in [0.2, 0.25) is 5.02 Å². The van der Waals surface area contributed by atoms with Gasteiger partial charge in [0.15, 0.2) is 0 Å². The largest absolute Gasteiger partial charge is 0.497 e. The van der Waals surface area contributed by atoms with E-state index in [2.05, 4.69) is 10.6 Å². The molecule has 3 aromatic rings. The lowest BCUT2D eigenvalue weighted by Gasteiger charge is -2.12. The molecule has 0 saturated carbocycles. The van der Waals surface area contributed by atoms with Crippen LogP contribution in [0.15, 0.2) is 48.7 Å². The number of carbonyl (C=O) groups is 2. The molecule has 1 aromatic heterocycles. The number of fused-ring (bicyclic) bond motifs is 1. The zero-order valence-corrected chi connectivity index (χ0v) is 16.7. The van der Waals surface area contributed by atoms with Crippen LogP contribution in [0.25, 0.3) is 10.9 Å². The molecule has 2 aromatic carbocycles. The summed E-state index contributed by atoms with van der Waals surface area (Å²) < 4.78 is 7.06. The number of methoxy groups -OCH3 is 1. The van der Waals surface area contributed by atoms with Crippen molar-refractivity contribution < 1.29 is 14.3 Å². The Kier molecular flexibility index (Phi) is 5.90. The predicted octanol–water partition coefficient (Wildman–Crippen LogP) is 4.08. The van der Waals surface area contributed by atoms with E-state index in [0.29, 0.717) is 16.3 Å². The first-order valence-corrected chi connectivity index (χ1v) is 9.28. The second kappa shape index (κ2) is 8.35. The van der Waals surface area contributed by atoms with E-state index in [1.54, 1.807) is 25.3 Å². The van der Waals surface area contributed by atoms with Crippen LogP contribution in [0.1, 0.15) is 24.2 Å². The van der Waals surface area contributed by atoms with E-state index in [0.717, 1.165) is 16.7 Å². The van der Waals surface area contributed by atoms with Crippen LogP contribution in [-0.2, 0) is 11.3 Å². The minimum atomic E-state index is -0.239. The SMILES string of the molecule is COc1ccc2c(ccn2CC(=O)Nc2cc(C(=O)NC(C)C)ccc2Cl)c1. The molecular weight excluding hydrogens is 378 g/mol. The van der Waals surface area contributed by atoms with Crippen molar-refractivity contribution in [3.63, 3.8) is 0 Å². The third kappa shape index (κ3) is 4.46. The lowest BCUT2D eigenvalue weighted by Crippen LogP contribution is -2.30. The molecule has 146 valence electrons. The molecule has 0 fully saturated rings. The number of amides is 2. The highest BCUT2D eigenvalue weighted by Gasteiger charge is 2.13. The van der Waals surface area contributed by atoms with Crippen LogP contribution in [0.3, 0.4) is 0 Å². The Balaban J connectivity index is 1.75. The molecule has 2 N–H and O–H groups in total. The first kappa shape index (κ1) is 19.8. The van der Waals surface area contributed by atoms with Crippen molar-refractivity contribution in [1.82, 2.24) is 9.88 Å². The molecule has 0 radical (unpaired) electrons. The zero-order chi connectivity index (χ0) is 20.3. The molecule has 2 amide bonds. The summed E-state index contributed by atoms with van der Waals surface area (Å²) in [6.07, 6.45) is 1.85. The number of halogens is 1. The predicted molar refractivity (Wildman–Crippen MR) is 111 cm³/mol. The average Bonchev–Trinajstić information content (AvgIpc) is 3.04. The zero-order valence-electron chi connectivity index (χ0n) is 16.0. The fraction of sp³-hybridized carbons (Fsp3) is 0.238. The Bertz CT molecular complexity index is 1030. The van der Waals surface area contributed by atoms with Gasteiger partial charge < -0.3 is 19.9 Å². The van der Waals surface area contributed by atoms with Crippen LogP contribution in [0.5, 0.6) is 5.75 Å². The number of ether oxygens (including phenoxy) is 1. The Hall–Kier alpha value is -2.99. The monoisotopic (exact) mass is 399 g/mol. The van der Waals surface area contributed by atoms with Gasteiger partial charge in [0.05, 0.1) is 17.8 Å². The first-order chi connectivity index (χ1) is 13.4. The summed E-state index contributed by atoms with van der Waals surface area (Å²) in [6, 6.07) is 12.4. The van der Waals surface area contributed by atoms with Crippen molar-refractivity contribution in [1.29, 1.82) is 0 Å². The van der Waals surface area contributed by atoms with E-state index in [4.69, 9.17) is 16.3 Å². The maximum absolute atomic E-state index is 12.5. The van der Waals surface area contributed by atoms with Crippen LogP contribution in [-0.4, -0.2) is 29.5 Å². The van der Waals surface area contributed by atoms with Gasteiger partial charge in [-0.2, -0.15) is 0 Å². The minimum Gasteiger partial charge on any atom is -0.497 e. The number of anilines is 1. The van der Waals surface area contributed by atoms with Crippen LogP contribution in [0, 0.1) is 0 Å². The fourth-order valence-electron chi connectivity index (χ4n) is 2.90. The second-order valence-electron chi connectivity index (χ2n) is 6.74. The highest BCUT2D eigenvalue weighted by molar-refractivity contribution is 6.33. The van der Waals surface area contributed by atoms with E-state index in [9.17, 15) is 9.59 Å². The van der Waals surface area contributed by atoms with Gasteiger partial charge in [0.2, 0.25) is 5.91 Å². The summed E-state index contributed by atoms with van der Waals surface area (Å²) >= 11 is 6.19. The van der Waals surface area contributed by atoms with Crippen molar-refractivity contribution in [3.8, 4) is 5.75 Å². The lowest BCUT2D eigenvalue weighted by molar-refractivity contribution is -0.116. The lowest BCUT2D eigenvalue weighted by atomic mass is 10.1. The van der Waals surface area contributed by atoms with E-state index in [-0.39, 0.29) is 24.4 Å². The minimum absolute atomic E-state index is 0.0156. The standard InChI is InChI=1S/C21H22ClN3O3/c1-13(2)23-21(27)15-4-6-17(22)18(11-15)24-20(26)12-25-9-8-14-10-16(28-3)5-7-19(14)25/h4-11,13H,12H2,1-3H3,(H,23,27)(H,24,26). The quantitative estimate of drug-likeness (QED) is 0.656. The molecule has 3 rings (SSSR count). The maximum atomic E-state index is 12.5. The highest BCUT2D eigenvalue weighted by Crippen LogP contribution is 2.24. The summed E-state index contributed by atoms with van der Waals surface area (Å²) in [5, 5.41) is 6.96. The number of nitrogens with one attached hydrogen (secondary N) is 2. The fourth-order valence-corrected chi connectivity index (χ4v) is 3.06. The summed E-state index contributed by atoms with van der Waals surface area (Å²) in [5.41, 5.74) is 1.76. The Morgan fingerprint density at radius 2 is 1.93 bits per heavy atom. The van der Waals surface area contributed by atoms with Crippen LogP contribution in [0.4, 0.5) is 5.69 Å². The van der Waals surface area contributed by atoms with Crippen molar-refractivity contribution in [2.45, 2.75) is 26.4 Å². The third-order valence-corrected chi connectivity index (χ3v) is 4.54. The normalized spacial score (nSPS) is 10.9. The van der Waals surface area contributed by atoms with Crippen LogP contribution >= 0.6 is 11.6 Å². The Morgan fingerprint density at radius 1 is 1.14 bits per heavy atom. The van der Waals surface area contributed by atoms with E-state index in [1.165, 1.54) is 0 Å². The van der Waals surface area contributed by atoms with Gasteiger partial charge in [0, 0.05) is 28.7 Å². The number of hydrogen-bond acceptors (Lipinski definition) is 3. The highest BCUT2D eigenvalue weighted by atomic mass is 35.5. The second-order valence-corrected chi connectivity index (χ2v) is 7.15. The maximum Gasteiger partial charge on any atom is 0.251 e. The van der Waals surface area contributed by atoms with E-state index in [1.807, 2.05) is 48.9 Å². The topological polar surface area (TPSA) is 72.4 Å². The molecule has 7 heteroatoms. The van der Waals surface area contributed by atoms with Crippen molar-refractivity contribution in [2.24, 2.45) is 0 Å². The molecule has 0 spiro atoms.